The highest BCUT2D eigenvalue weighted by atomic mass is 79.9. The van der Waals surface area contributed by atoms with Crippen molar-refractivity contribution >= 4 is 27.4 Å². The van der Waals surface area contributed by atoms with Crippen molar-refractivity contribution in [2.45, 2.75) is 32.7 Å². The Morgan fingerprint density at radius 1 is 1.53 bits per heavy atom. The van der Waals surface area contributed by atoms with Gasteiger partial charge in [-0.2, -0.15) is 0 Å². The molecule has 0 unspecified atom stereocenters. The van der Waals surface area contributed by atoms with Crippen molar-refractivity contribution < 1.29 is 10.0 Å². The summed E-state index contributed by atoms with van der Waals surface area (Å²) >= 11 is 3.32. The summed E-state index contributed by atoms with van der Waals surface area (Å²) in [6.45, 7) is 4.60. The smallest absolute Gasteiger partial charge is 0.288 e. The van der Waals surface area contributed by atoms with Crippen molar-refractivity contribution in [3.8, 4) is 0 Å². The third-order valence-corrected chi connectivity index (χ3v) is 3.60. The molecular formula is C12H18BrN3O3. The summed E-state index contributed by atoms with van der Waals surface area (Å²) in [6.07, 6.45) is 3.08. The molecule has 0 fully saturated rings. The number of hydrogen-bond acceptors (Lipinski definition) is 5. The zero-order valence-corrected chi connectivity index (χ0v) is 12.6. The van der Waals surface area contributed by atoms with E-state index in [0.717, 1.165) is 12.8 Å². The highest BCUT2D eigenvalue weighted by Crippen LogP contribution is 2.29. The Hall–Kier alpha value is -1.21. The molecule has 0 aliphatic heterocycles. The van der Waals surface area contributed by atoms with Crippen LogP contribution < -0.4 is 4.90 Å². The third-order valence-electron chi connectivity index (χ3n) is 3.01. The zero-order chi connectivity index (χ0) is 14.4. The van der Waals surface area contributed by atoms with E-state index in [1.54, 1.807) is 0 Å². The number of aliphatic hydroxyl groups is 1. The van der Waals surface area contributed by atoms with Crippen LogP contribution in [-0.2, 0) is 0 Å². The minimum Gasteiger partial charge on any atom is -0.395 e. The van der Waals surface area contributed by atoms with E-state index in [-0.39, 0.29) is 18.3 Å². The van der Waals surface area contributed by atoms with Gasteiger partial charge >= 0.3 is 0 Å². The molecule has 0 saturated heterocycles. The van der Waals surface area contributed by atoms with Crippen molar-refractivity contribution in [3.05, 3.63) is 26.9 Å². The number of aliphatic hydroxyl groups excluding tert-OH is 1. The first-order chi connectivity index (χ1) is 9.04. The number of pyridine rings is 1. The lowest BCUT2D eigenvalue weighted by molar-refractivity contribution is -0.385. The summed E-state index contributed by atoms with van der Waals surface area (Å²) in [5.41, 5.74) is -0.0517. The van der Waals surface area contributed by atoms with Gasteiger partial charge < -0.3 is 10.0 Å². The Labute approximate surface area is 120 Å². The Morgan fingerprint density at radius 2 is 2.16 bits per heavy atom. The Bertz CT molecular complexity index is 438. The summed E-state index contributed by atoms with van der Waals surface area (Å²) in [5, 5.41) is 19.9. The fourth-order valence-corrected chi connectivity index (χ4v) is 2.60. The third kappa shape index (κ3) is 3.87. The Morgan fingerprint density at radius 3 is 2.58 bits per heavy atom. The molecule has 0 bridgehead atoms. The van der Waals surface area contributed by atoms with Gasteiger partial charge in [0, 0.05) is 18.7 Å². The number of aromatic nitrogens is 1. The molecular weight excluding hydrogens is 314 g/mol. The van der Waals surface area contributed by atoms with E-state index >= 15 is 0 Å². The molecule has 0 radical (unpaired) electrons. The Kier molecular flexibility index (Phi) is 6.17. The van der Waals surface area contributed by atoms with Gasteiger partial charge in [0.15, 0.2) is 0 Å². The average Bonchev–Trinajstić information content (AvgIpc) is 2.39. The maximum Gasteiger partial charge on any atom is 0.288 e. The lowest BCUT2D eigenvalue weighted by Gasteiger charge is -2.31. The van der Waals surface area contributed by atoms with Crippen molar-refractivity contribution in [3.63, 3.8) is 0 Å². The number of nitro groups is 1. The largest absolute Gasteiger partial charge is 0.395 e. The molecule has 6 nitrogen and oxygen atoms in total. The summed E-state index contributed by atoms with van der Waals surface area (Å²) in [7, 11) is 0. The maximum absolute atomic E-state index is 10.7. The minimum absolute atomic E-state index is 0.0155. The molecule has 106 valence electrons. The summed E-state index contributed by atoms with van der Waals surface area (Å²) in [5.74, 6) is 0.633. The standard InChI is InChI=1S/C12H18BrN3O3/c1-3-9(4-2)15(5-6-17)12-11(13)7-10(8-14-12)16(18)19/h7-9,17H,3-6H2,1-2H3. The molecule has 0 aliphatic rings. The van der Waals surface area contributed by atoms with Crippen molar-refractivity contribution in [1.82, 2.24) is 4.98 Å². The van der Waals surface area contributed by atoms with Crippen LogP contribution in [0, 0.1) is 10.1 Å². The van der Waals surface area contributed by atoms with E-state index < -0.39 is 4.92 Å². The lowest BCUT2D eigenvalue weighted by Crippen LogP contribution is -2.37. The van der Waals surface area contributed by atoms with Crippen molar-refractivity contribution in [2.75, 3.05) is 18.1 Å². The van der Waals surface area contributed by atoms with E-state index in [0.29, 0.717) is 16.8 Å². The van der Waals surface area contributed by atoms with Crippen LogP contribution in [0.5, 0.6) is 0 Å². The summed E-state index contributed by atoms with van der Waals surface area (Å²) in [6, 6.07) is 1.69. The molecule has 0 amide bonds. The monoisotopic (exact) mass is 331 g/mol. The van der Waals surface area contributed by atoms with Crippen LogP contribution in [0.4, 0.5) is 11.5 Å². The average molecular weight is 332 g/mol. The molecule has 1 aromatic heterocycles. The fourth-order valence-electron chi connectivity index (χ4n) is 2.03. The molecule has 1 aromatic rings. The van der Waals surface area contributed by atoms with E-state index in [9.17, 15) is 15.2 Å². The van der Waals surface area contributed by atoms with E-state index in [1.807, 2.05) is 4.90 Å². The van der Waals surface area contributed by atoms with Crippen LogP contribution in [0.2, 0.25) is 0 Å². The van der Waals surface area contributed by atoms with Gasteiger partial charge in [-0.05, 0) is 28.8 Å². The molecule has 0 atom stereocenters. The van der Waals surface area contributed by atoms with Gasteiger partial charge in [0.2, 0.25) is 0 Å². The zero-order valence-electron chi connectivity index (χ0n) is 11.0. The van der Waals surface area contributed by atoms with Crippen LogP contribution in [0.15, 0.2) is 16.7 Å². The number of anilines is 1. The van der Waals surface area contributed by atoms with Gasteiger partial charge in [0.25, 0.3) is 5.69 Å². The summed E-state index contributed by atoms with van der Waals surface area (Å²) in [4.78, 5) is 16.4. The van der Waals surface area contributed by atoms with Gasteiger partial charge in [0.05, 0.1) is 16.0 Å². The number of nitrogens with zero attached hydrogens (tertiary/aromatic N) is 3. The lowest BCUT2D eigenvalue weighted by atomic mass is 10.1. The second kappa shape index (κ2) is 7.40. The van der Waals surface area contributed by atoms with Gasteiger partial charge in [-0.1, -0.05) is 13.8 Å². The van der Waals surface area contributed by atoms with Crippen LogP contribution in [0.1, 0.15) is 26.7 Å². The van der Waals surface area contributed by atoms with Crippen molar-refractivity contribution in [2.24, 2.45) is 0 Å². The minimum atomic E-state index is -0.477. The molecule has 19 heavy (non-hydrogen) atoms. The second-order valence-corrected chi connectivity index (χ2v) is 5.00. The van der Waals surface area contributed by atoms with Crippen LogP contribution in [0.3, 0.4) is 0 Å². The first-order valence-electron chi connectivity index (χ1n) is 6.22. The quantitative estimate of drug-likeness (QED) is 0.613. The van der Waals surface area contributed by atoms with Gasteiger partial charge in [-0.3, -0.25) is 10.1 Å². The van der Waals surface area contributed by atoms with Crippen LogP contribution in [0.25, 0.3) is 0 Å². The van der Waals surface area contributed by atoms with Crippen LogP contribution in [-0.4, -0.2) is 34.2 Å². The van der Waals surface area contributed by atoms with E-state index in [4.69, 9.17) is 0 Å². The van der Waals surface area contributed by atoms with Gasteiger partial charge in [-0.15, -0.1) is 0 Å². The highest BCUT2D eigenvalue weighted by molar-refractivity contribution is 9.10. The number of halogens is 1. The molecule has 7 heteroatoms. The van der Waals surface area contributed by atoms with E-state index in [2.05, 4.69) is 34.8 Å². The summed E-state index contributed by atoms with van der Waals surface area (Å²) < 4.78 is 0.571. The SMILES string of the molecule is CCC(CC)N(CCO)c1ncc([N+](=O)[O-])cc1Br. The second-order valence-electron chi connectivity index (χ2n) is 4.14. The maximum atomic E-state index is 10.7. The molecule has 1 N–H and O–H groups in total. The first kappa shape index (κ1) is 15.8. The molecule has 0 aliphatic carbocycles. The van der Waals surface area contributed by atoms with Crippen molar-refractivity contribution in [1.29, 1.82) is 0 Å². The normalized spacial score (nSPS) is 10.8. The van der Waals surface area contributed by atoms with Gasteiger partial charge in [0.1, 0.15) is 12.0 Å². The number of hydrogen-bond donors (Lipinski definition) is 1. The van der Waals surface area contributed by atoms with E-state index in [1.165, 1.54) is 12.3 Å². The number of rotatable bonds is 7. The van der Waals surface area contributed by atoms with Gasteiger partial charge in [-0.25, -0.2) is 4.98 Å². The Balaban J connectivity index is 3.12. The predicted octanol–water partition coefficient (Wildman–Crippen LogP) is 2.74. The fraction of sp³-hybridized carbons (Fsp3) is 0.583. The molecule has 1 heterocycles. The highest BCUT2D eigenvalue weighted by Gasteiger charge is 2.20. The molecule has 0 aromatic carbocycles. The molecule has 0 spiro atoms. The topological polar surface area (TPSA) is 79.5 Å². The van der Waals surface area contributed by atoms with Crippen LogP contribution >= 0.6 is 15.9 Å². The molecule has 1 rings (SSSR count). The predicted molar refractivity (Wildman–Crippen MR) is 77.4 cm³/mol. The molecule has 0 saturated carbocycles. The first-order valence-corrected chi connectivity index (χ1v) is 7.01.